The van der Waals surface area contributed by atoms with Gasteiger partial charge in [0.15, 0.2) is 6.73 Å². The van der Waals surface area contributed by atoms with Crippen molar-refractivity contribution in [1.29, 1.82) is 0 Å². The Balaban J connectivity index is 1.87. The largest absolute Gasteiger partial charge is 0.497 e. The lowest BCUT2D eigenvalue weighted by Crippen LogP contribution is -2.27. The van der Waals surface area contributed by atoms with E-state index in [0.29, 0.717) is 23.9 Å². The number of benzene rings is 1. The molecule has 22 heavy (non-hydrogen) atoms. The van der Waals surface area contributed by atoms with E-state index in [1.54, 1.807) is 24.1 Å². The highest BCUT2D eigenvalue weighted by molar-refractivity contribution is 5.92. The number of ether oxygens (including phenoxy) is 2. The van der Waals surface area contributed by atoms with Crippen LogP contribution in [0.2, 0.25) is 0 Å². The average molecular weight is 303 g/mol. The van der Waals surface area contributed by atoms with Crippen LogP contribution >= 0.6 is 0 Å². The van der Waals surface area contributed by atoms with Crippen molar-refractivity contribution < 1.29 is 14.3 Å². The lowest BCUT2D eigenvalue weighted by atomic mass is 10.2. The van der Waals surface area contributed by atoms with Crippen molar-refractivity contribution in [3.63, 3.8) is 0 Å². The highest BCUT2D eigenvalue weighted by atomic mass is 16.5. The fraction of sp³-hybridized carbons (Fsp3) is 0.375. The second kappa shape index (κ2) is 7.49. The zero-order valence-electron chi connectivity index (χ0n) is 13.1. The molecule has 0 fully saturated rings. The molecule has 1 N–H and O–H groups in total. The molecule has 2 aromatic rings. The van der Waals surface area contributed by atoms with Crippen LogP contribution in [0.3, 0.4) is 0 Å². The number of nitrogens with zero attached hydrogens (tertiary/aromatic N) is 2. The maximum Gasteiger partial charge on any atom is 0.271 e. The molecule has 1 aromatic heterocycles. The Kier molecular flexibility index (Phi) is 5.41. The predicted octanol–water partition coefficient (Wildman–Crippen LogP) is 2.31. The molecule has 2 rings (SSSR count). The van der Waals surface area contributed by atoms with E-state index >= 15 is 0 Å². The van der Waals surface area contributed by atoms with Crippen molar-refractivity contribution in [3.8, 4) is 11.5 Å². The Bertz CT molecular complexity index is 605. The molecule has 1 amide bonds. The first-order valence-corrected chi connectivity index (χ1v) is 7.17. The molecule has 0 aliphatic rings. The van der Waals surface area contributed by atoms with E-state index in [2.05, 4.69) is 10.4 Å². The summed E-state index contributed by atoms with van der Waals surface area (Å²) < 4.78 is 12.3. The number of nitrogens with one attached hydrogen (secondary N) is 1. The summed E-state index contributed by atoms with van der Waals surface area (Å²) >= 11 is 0. The van der Waals surface area contributed by atoms with E-state index in [0.717, 1.165) is 5.75 Å². The van der Waals surface area contributed by atoms with Gasteiger partial charge in [-0.1, -0.05) is 13.8 Å². The van der Waals surface area contributed by atoms with Crippen molar-refractivity contribution in [2.24, 2.45) is 5.92 Å². The van der Waals surface area contributed by atoms with Crippen LogP contribution < -0.4 is 14.8 Å². The minimum atomic E-state index is -0.170. The Hall–Kier alpha value is -2.50. The first-order chi connectivity index (χ1) is 10.6. The number of hydrogen-bond donors (Lipinski definition) is 1. The molecule has 0 radical (unpaired) electrons. The van der Waals surface area contributed by atoms with Gasteiger partial charge >= 0.3 is 0 Å². The minimum Gasteiger partial charge on any atom is -0.497 e. The van der Waals surface area contributed by atoms with Crippen molar-refractivity contribution in [2.45, 2.75) is 20.6 Å². The summed E-state index contributed by atoms with van der Waals surface area (Å²) in [4.78, 5) is 11.9. The third-order valence-electron chi connectivity index (χ3n) is 2.97. The van der Waals surface area contributed by atoms with E-state index in [-0.39, 0.29) is 12.6 Å². The van der Waals surface area contributed by atoms with Gasteiger partial charge in [-0.05, 0) is 36.2 Å². The van der Waals surface area contributed by atoms with Crippen LogP contribution in [0, 0.1) is 5.92 Å². The number of carbonyl (C=O) groups excluding carboxylic acids is 1. The molecule has 6 nitrogen and oxygen atoms in total. The van der Waals surface area contributed by atoms with Gasteiger partial charge in [0.25, 0.3) is 5.91 Å². The van der Waals surface area contributed by atoms with Crippen LogP contribution in [-0.2, 0) is 6.73 Å². The molecule has 0 unspecified atom stereocenters. The summed E-state index contributed by atoms with van der Waals surface area (Å²) in [5, 5.41) is 7.02. The second-order valence-electron chi connectivity index (χ2n) is 5.29. The first-order valence-electron chi connectivity index (χ1n) is 7.17. The number of methoxy groups -OCH3 is 1. The van der Waals surface area contributed by atoms with Gasteiger partial charge in [-0.25, -0.2) is 4.68 Å². The number of rotatable bonds is 7. The SMILES string of the molecule is COc1ccc(OCn2ccc(C(=O)NCC(C)C)n2)cc1. The Morgan fingerprint density at radius 1 is 1.23 bits per heavy atom. The van der Waals surface area contributed by atoms with E-state index < -0.39 is 0 Å². The van der Waals surface area contributed by atoms with Crippen LogP contribution in [0.5, 0.6) is 11.5 Å². The quantitative estimate of drug-likeness (QED) is 0.852. The van der Waals surface area contributed by atoms with Crippen molar-refractivity contribution in [3.05, 3.63) is 42.2 Å². The van der Waals surface area contributed by atoms with E-state index in [9.17, 15) is 4.79 Å². The van der Waals surface area contributed by atoms with Gasteiger partial charge in [-0.15, -0.1) is 0 Å². The zero-order chi connectivity index (χ0) is 15.9. The van der Waals surface area contributed by atoms with Gasteiger partial charge in [-0.3, -0.25) is 4.79 Å². The van der Waals surface area contributed by atoms with Crippen LogP contribution in [0.15, 0.2) is 36.5 Å². The molecule has 0 saturated carbocycles. The molecule has 0 saturated heterocycles. The van der Waals surface area contributed by atoms with E-state index in [1.807, 2.05) is 38.1 Å². The molecule has 1 heterocycles. The van der Waals surface area contributed by atoms with Gasteiger partial charge < -0.3 is 14.8 Å². The van der Waals surface area contributed by atoms with Gasteiger partial charge in [0, 0.05) is 12.7 Å². The molecular weight excluding hydrogens is 282 g/mol. The fourth-order valence-corrected chi connectivity index (χ4v) is 1.75. The standard InChI is InChI=1S/C16H21N3O3/c1-12(2)10-17-16(20)15-8-9-19(18-15)11-22-14-6-4-13(21-3)5-7-14/h4-9,12H,10-11H2,1-3H3,(H,17,20). The molecule has 0 bridgehead atoms. The average Bonchev–Trinajstić information content (AvgIpc) is 3.00. The Morgan fingerprint density at radius 2 is 1.91 bits per heavy atom. The topological polar surface area (TPSA) is 65.4 Å². The van der Waals surface area contributed by atoms with Gasteiger partial charge in [0.1, 0.15) is 17.2 Å². The maximum absolute atomic E-state index is 11.9. The van der Waals surface area contributed by atoms with E-state index in [1.165, 1.54) is 0 Å². The van der Waals surface area contributed by atoms with Gasteiger partial charge in [0.2, 0.25) is 0 Å². The van der Waals surface area contributed by atoms with Crippen molar-refractivity contribution >= 4 is 5.91 Å². The summed E-state index contributed by atoms with van der Waals surface area (Å²) in [5.74, 6) is 1.72. The van der Waals surface area contributed by atoms with Gasteiger partial charge in [-0.2, -0.15) is 5.10 Å². The first kappa shape index (κ1) is 15.9. The zero-order valence-corrected chi connectivity index (χ0v) is 13.1. The molecule has 0 aliphatic carbocycles. The lowest BCUT2D eigenvalue weighted by Gasteiger charge is -2.07. The lowest BCUT2D eigenvalue weighted by molar-refractivity contribution is 0.0942. The fourth-order valence-electron chi connectivity index (χ4n) is 1.75. The minimum absolute atomic E-state index is 0.170. The van der Waals surface area contributed by atoms with Crippen LogP contribution in [0.1, 0.15) is 24.3 Å². The summed E-state index contributed by atoms with van der Waals surface area (Å²) in [5.41, 5.74) is 0.388. The Morgan fingerprint density at radius 3 is 2.55 bits per heavy atom. The van der Waals surface area contributed by atoms with Crippen molar-refractivity contribution in [2.75, 3.05) is 13.7 Å². The summed E-state index contributed by atoms with van der Waals surface area (Å²) in [7, 11) is 1.62. The molecule has 1 aromatic carbocycles. The summed E-state index contributed by atoms with van der Waals surface area (Å²) in [6.07, 6.45) is 1.72. The normalized spacial score (nSPS) is 10.5. The number of aromatic nitrogens is 2. The highest BCUT2D eigenvalue weighted by Gasteiger charge is 2.09. The third-order valence-corrected chi connectivity index (χ3v) is 2.97. The van der Waals surface area contributed by atoms with Crippen LogP contribution in [0.4, 0.5) is 0 Å². The molecular formula is C16H21N3O3. The van der Waals surface area contributed by atoms with Crippen LogP contribution in [-0.4, -0.2) is 29.3 Å². The van der Waals surface area contributed by atoms with Crippen LogP contribution in [0.25, 0.3) is 0 Å². The second-order valence-corrected chi connectivity index (χ2v) is 5.29. The van der Waals surface area contributed by atoms with E-state index in [4.69, 9.17) is 9.47 Å². The number of carbonyl (C=O) groups is 1. The molecule has 0 spiro atoms. The summed E-state index contributed by atoms with van der Waals surface area (Å²) in [6.45, 7) is 4.96. The third kappa shape index (κ3) is 4.51. The molecule has 0 atom stereocenters. The molecule has 0 aliphatic heterocycles. The smallest absolute Gasteiger partial charge is 0.271 e. The number of hydrogen-bond acceptors (Lipinski definition) is 4. The maximum atomic E-state index is 11.9. The summed E-state index contributed by atoms with van der Waals surface area (Å²) in [6, 6.07) is 8.96. The van der Waals surface area contributed by atoms with Gasteiger partial charge in [0.05, 0.1) is 7.11 Å². The predicted molar refractivity (Wildman–Crippen MR) is 83.0 cm³/mol. The Labute approximate surface area is 130 Å². The highest BCUT2D eigenvalue weighted by Crippen LogP contribution is 2.17. The molecule has 6 heteroatoms. The van der Waals surface area contributed by atoms with Crippen molar-refractivity contribution in [1.82, 2.24) is 15.1 Å². The molecule has 118 valence electrons. The monoisotopic (exact) mass is 303 g/mol. The number of amides is 1.